The van der Waals surface area contributed by atoms with Gasteiger partial charge in [-0.15, -0.1) is 0 Å². The highest BCUT2D eigenvalue weighted by Crippen LogP contribution is 2.18. The van der Waals surface area contributed by atoms with Gasteiger partial charge in [0.1, 0.15) is 0 Å². The average Bonchev–Trinajstić information content (AvgIpc) is 2.83. The van der Waals surface area contributed by atoms with Crippen molar-refractivity contribution in [1.82, 2.24) is 4.98 Å². The summed E-state index contributed by atoms with van der Waals surface area (Å²) in [5.74, 6) is -0.285. The number of fused-ring (bicyclic) bond motifs is 1. The first-order valence-electron chi connectivity index (χ1n) is 10.5. The van der Waals surface area contributed by atoms with E-state index in [9.17, 15) is 9.59 Å². The zero-order chi connectivity index (χ0) is 22.3. The molecule has 0 spiro atoms. The number of hydrogen-bond acceptors (Lipinski definition) is 3. The van der Waals surface area contributed by atoms with Gasteiger partial charge in [-0.3, -0.25) is 9.59 Å². The fraction of sp³-hybridized carbons (Fsp3) is 0.0741. The summed E-state index contributed by atoms with van der Waals surface area (Å²) in [6.07, 6.45) is 4.32. The highest BCUT2D eigenvalue weighted by molar-refractivity contribution is 6.04. The van der Waals surface area contributed by atoms with Gasteiger partial charge in [0.2, 0.25) is 5.91 Å². The molecule has 1 heterocycles. The molecule has 0 fully saturated rings. The molecule has 32 heavy (non-hydrogen) atoms. The number of aromatic nitrogens is 1. The fourth-order valence-corrected chi connectivity index (χ4v) is 3.23. The Kier molecular flexibility index (Phi) is 6.37. The topological polar surface area (TPSA) is 71.1 Å². The van der Waals surface area contributed by atoms with Crippen LogP contribution in [0.4, 0.5) is 11.4 Å². The molecular formula is C27H23N3O2. The van der Waals surface area contributed by atoms with E-state index in [4.69, 9.17) is 0 Å². The second-order valence-corrected chi connectivity index (χ2v) is 7.32. The number of benzene rings is 3. The summed E-state index contributed by atoms with van der Waals surface area (Å²) < 4.78 is 0. The molecule has 0 unspecified atom stereocenters. The van der Waals surface area contributed by atoms with Crippen LogP contribution >= 0.6 is 0 Å². The van der Waals surface area contributed by atoms with E-state index < -0.39 is 0 Å². The van der Waals surface area contributed by atoms with Crippen LogP contribution in [-0.2, 0) is 4.79 Å². The highest BCUT2D eigenvalue weighted by atomic mass is 16.2. The Morgan fingerprint density at radius 2 is 1.56 bits per heavy atom. The monoisotopic (exact) mass is 421 g/mol. The largest absolute Gasteiger partial charge is 0.326 e. The van der Waals surface area contributed by atoms with Crippen LogP contribution in [0.1, 0.15) is 35.0 Å². The lowest BCUT2D eigenvalue weighted by molar-refractivity contribution is -0.115. The zero-order valence-electron chi connectivity index (χ0n) is 17.7. The first kappa shape index (κ1) is 21.0. The lowest BCUT2D eigenvalue weighted by atomic mass is 10.1. The molecule has 0 radical (unpaired) electrons. The van der Waals surface area contributed by atoms with E-state index in [-0.39, 0.29) is 11.8 Å². The number of amides is 2. The Balaban J connectivity index is 1.41. The van der Waals surface area contributed by atoms with Crippen molar-refractivity contribution in [3.05, 3.63) is 102 Å². The van der Waals surface area contributed by atoms with E-state index in [1.54, 1.807) is 43.3 Å². The van der Waals surface area contributed by atoms with Crippen LogP contribution in [0.25, 0.3) is 23.1 Å². The van der Waals surface area contributed by atoms with Gasteiger partial charge in [0, 0.05) is 28.7 Å². The van der Waals surface area contributed by atoms with Gasteiger partial charge < -0.3 is 10.6 Å². The molecule has 2 N–H and O–H groups in total. The van der Waals surface area contributed by atoms with Gasteiger partial charge in [0.25, 0.3) is 5.91 Å². The maximum absolute atomic E-state index is 12.6. The predicted molar refractivity (Wildman–Crippen MR) is 130 cm³/mol. The Bertz CT molecular complexity index is 1290. The summed E-state index contributed by atoms with van der Waals surface area (Å²) in [4.78, 5) is 28.8. The fourth-order valence-electron chi connectivity index (χ4n) is 3.23. The minimum atomic E-state index is -0.212. The van der Waals surface area contributed by atoms with Crippen molar-refractivity contribution in [2.24, 2.45) is 0 Å². The van der Waals surface area contributed by atoms with E-state index in [0.717, 1.165) is 22.2 Å². The summed E-state index contributed by atoms with van der Waals surface area (Å²) in [6.45, 7) is 1.79. The molecule has 0 aliphatic carbocycles. The molecule has 0 saturated carbocycles. The second kappa shape index (κ2) is 9.71. The van der Waals surface area contributed by atoms with Gasteiger partial charge in [-0.05, 0) is 54.1 Å². The minimum absolute atomic E-state index is 0.0731. The van der Waals surface area contributed by atoms with Gasteiger partial charge >= 0.3 is 0 Å². The number of rotatable bonds is 6. The van der Waals surface area contributed by atoms with Crippen LogP contribution in [0.3, 0.4) is 0 Å². The van der Waals surface area contributed by atoms with Crippen molar-refractivity contribution >= 4 is 46.2 Å². The van der Waals surface area contributed by atoms with Gasteiger partial charge in [-0.1, -0.05) is 55.5 Å². The number of nitrogens with zero attached hydrogens (tertiary/aromatic N) is 1. The third-order valence-electron chi connectivity index (χ3n) is 4.96. The van der Waals surface area contributed by atoms with Gasteiger partial charge in [-0.25, -0.2) is 4.98 Å². The van der Waals surface area contributed by atoms with Crippen molar-refractivity contribution < 1.29 is 9.59 Å². The molecule has 0 atom stereocenters. The first-order valence-corrected chi connectivity index (χ1v) is 10.5. The number of para-hydroxylation sites is 1. The maximum atomic E-state index is 12.6. The maximum Gasteiger partial charge on any atom is 0.255 e. The lowest BCUT2D eigenvalue weighted by Crippen LogP contribution is -2.13. The number of carbonyl (C=O) groups excluding carboxylic acids is 2. The smallest absolute Gasteiger partial charge is 0.255 e. The van der Waals surface area contributed by atoms with Crippen LogP contribution in [-0.4, -0.2) is 16.8 Å². The van der Waals surface area contributed by atoms with Crippen LogP contribution < -0.4 is 10.6 Å². The van der Waals surface area contributed by atoms with Crippen LogP contribution in [0.15, 0.2) is 84.9 Å². The quantitative estimate of drug-likeness (QED) is 0.401. The van der Waals surface area contributed by atoms with Gasteiger partial charge in [0.05, 0.1) is 11.2 Å². The van der Waals surface area contributed by atoms with Crippen molar-refractivity contribution in [2.45, 2.75) is 13.3 Å². The second-order valence-electron chi connectivity index (χ2n) is 7.32. The van der Waals surface area contributed by atoms with Crippen molar-refractivity contribution in [3.63, 3.8) is 0 Å². The van der Waals surface area contributed by atoms with Crippen LogP contribution in [0.5, 0.6) is 0 Å². The minimum Gasteiger partial charge on any atom is -0.326 e. The van der Waals surface area contributed by atoms with Crippen molar-refractivity contribution in [3.8, 4) is 0 Å². The molecule has 4 rings (SSSR count). The molecule has 3 aromatic carbocycles. The standard InChI is InChI=1S/C27H23N3O2/c1-2-26(31)29-23-7-5-8-24(18-23)30-27(32)21-13-10-19(11-14-21)12-16-22-17-15-20-6-3-4-9-25(20)28-22/h3-18H,2H2,1H3,(H,29,31)(H,30,32)/b16-12+. The molecule has 5 nitrogen and oxygen atoms in total. The molecule has 2 amide bonds. The molecule has 5 heteroatoms. The number of carbonyl (C=O) groups is 2. The van der Waals surface area contributed by atoms with Crippen LogP contribution in [0.2, 0.25) is 0 Å². The lowest BCUT2D eigenvalue weighted by Gasteiger charge is -2.08. The zero-order valence-corrected chi connectivity index (χ0v) is 17.7. The third-order valence-corrected chi connectivity index (χ3v) is 4.96. The normalized spacial score (nSPS) is 10.9. The summed E-state index contributed by atoms with van der Waals surface area (Å²) >= 11 is 0. The molecule has 158 valence electrons. The molecule has 4 aromatic rings. The van der Waals surface area contributed by atoms with Crippen molar-refractivity contribution in [2.75, 3.05) is 10.6 Å². The third kappa shape index (κ3) is 5.26. The van der Waals surface area contributed by atoms with E-state index in [0.29, 0.717) is 23.4 Å². The number of anilines is 2. The van der Waals surface area contributed by atoms with Crippen LogP contribution in [0, 0.1) is 0 Å². The number of hydrogen-bond donors (Lipinski definition) is 2. The Morgan fingerprint density at radius 1 is 0.812 bits per heavy atom. The first-order chi connectivity index (χ1) is 15.6. The predicted octanol–water partition coefficient (Wildman–Crippen LogP) is 6.01. The SMILES string of the molecule is CCC(=O)Nc1cccc(NC(=O)c2ccc(/C=C/c3ccc4ccccc4n3)cc2)c1. The van der Waals surface area contributed by atoms with Gasteiger partial charge in [-0.2, -0.15) is 0 Å². The summed E-state index contributed by atoms with van der Waals surface area (Å²) in [7, 11) is 0. The van der Waals surface area contributed by atoms with Crippen molar-refractivity contribution in [1.29, 1.82) is 0 Å². The average molecular weight is 422 g/mol. The molecule has 0 saturated heterocycles. The molecule has 0 aliphatic heterocycles. The summed E-state index contributed by atoms with van der Waals surface area (Å²) in [6, 6.07) is 26.5. The Morgan fingerprint density at radius 3 is 2.34 bits per heavy atom. The molecule has 0 aliphatic rings. The van der Waals surface area contributed by atoms with E-state index in [2.05, 4.69) is 21.7 Å². The van der Waals surface area contributed by atoms with E-state index in [1.807, 2.05) is 54.6 Å². The number of nitrogens with one attached hydrogen (secondary N) is 2. The molecule has 0 bridgehead atoms. The number of pyridine rings is 1. The van der Waals surface area contributed by atoms with Gasteiger partial charge in [0.15, 0.2) is 0 Å². The molecular weight excluding hydrogens is 398 g/mol. The van der Waals surface area contributed by atoms with E-state index in [1.165, 1.54) is 0 Å². The Labute approximate surface area is 186 Å². The highest BCUT2D eigenvalue weighted by Gasteiger charge is 2.07. The Hall–Kier alpha value is -4.25. The molecule has 1 aromatic heterocycles. The van der Waals surface area contributed by atoms with E-state index >= 15 is 0 Å². The summed E-state index contributed by atoms with van der Waals surface area (Å²) in [5.41, 5.74) is 4.63. The summed E-state index contributed by atoms with van der Waals surface area (Å²) in [5, 5.41) is 6.76.